The van der Waals surface area contributed by atoms with E-state index in [2.05, 4.69) is 6.07 Å². The van der Waals surface area contributed by atoms with Crippen LogP contribution in [0.25, 0.3) is 6.08 Å². The van der Waals surface area contributed by atoms with Crippen LogP contribution in [-0.4, -0.2) is 12.4 Å². The molecular weight excluding hydrogens is 212 g/mol. The Kier molecular flexibility index (Phi) is 2.50. The van der Waals surface area contributed by atoms with Gasteiger partial charge in [-0.1, -0.05) is 6.07 Å². The van der Waals surface area contributed by atoms with Gasteiger partial charge >= 0.3 is 0 Å². The molecule has 2 aliphatic rings. The first-order valence-electron chi connectivity index (χ1n) is 6.25. The van der Waals surface area contributed by atoms with Gasteiger partial charge < -0.3 is 4.74 Å². The molecule has 0 aromatic heterocycles. The van der Waals surface area contributed by atoms with Crippen LogP contribution in [0.5, 0.6) is 5.75 Å². The molecule has 0 spiro atoms. The topological polar surface area (TPSA) is 26.3 Å². The molecule has 2 nitrogen and oxygen atoms in total. The molecule has 88 valence electrons. The SMILES string of the molecule is CC(=O)C1=Cc2c(ccc3c2CCCC3)OC1. The van der Waals surface area contributed by atoms with Crippen LogP contribution in [0.2, 0.25) is 0 Å². The molecular formula is C15H16O2. The lowest BCUT2D eigenvalue weighted by Gasteiger charge is -2.24. The second-order valence-corrected chi connectivity index (χ2v) is 4.84. The smallest absolute Gasteiger partial charge is 0.159 e. The fraction of sp³-hybridized carbons (Fsp3) is 0.400. The van der Waals surface area contributed by atoms with Gasteiger partial charge in [0.1, 0.15) is 12.4 Å². The molecule has 0 saturated carbocycles. The summed E-state index contributed by atoms with van der Waals surface area (Å²) in [5.74, 6) is 1.06. The number of Topliss-reactive ketones (excluding diaryl/α,β-unsaturated/α-hetero) is 1. The zero-order chi connectivity index (χ0) is 11.8. The average molecular weight is 228 g/mol. The van der Waals surface area contributed by atoms with Gasteiger partial charge in [0.25, 0.3) is 0 Å². The van der Waals surface area contributed by atoms with Crippen molar-refractivity contribution in [3.05, 3.63) is 34.4 Å². The molecule has 17 heavy (non-hydrogen) atoms. The predicted octanol–water partition coefficient (Wildman–Crippen LogP) is 2.93. The Hall–Kier alpha value is -1.57. The summed E-state index contributed by atoms with van der Waals surface area (Å²) >= 11 is 0. The van der Waals surface area contributed by atoms with Crippen molar-refractivity contribution in [1.82, 2.24) is 0 Å². The lowest BCUT2D eigenvalue weighted by atomic mass is 9.86. The van der Waals surface area contributed by atoms with Crippen LogP contribution in [-0.2, 0) is 17.6 Å². The Morgan fingerprint density at radius 3 is 2.88 bits per heavy atom. The largest absolute Gasteiger partial charge is 0.488 e. The van der Waals surface area contributed by atoms with Crippen LogP contribution < -0.4 is 4.74 Å². The van der Waals surface area contributed by atoms with Gasteiger partial charge in [0.05, 0.1) is 0 Å². The summed E-state index contributed by atoms with van der Waals surface area (Å²) in [5.41, 5.74) is 4.77. The van der Waals surface area contributed by atoms with Crippen LogP contribution >= 0.6 is 0 Å². The number of fused-ring (bicyclic) bond motifs is 3. The number of hydrogen-bond donors (Lipinski definition) is 0. The average Bonchev–Trinajstić information content (AvgIpc) is 2.38. The van der Waals surface area contributed by atoms with E-state index in [0.29, 0.717) is 6.61 Å². The van der Waals surface area contributed by atoms with Crippen molar-refractivity contribution in [2.45, 2.75) is 32.6 Å². The van der Waals surface area contributed by atoms with Crippen LogP contribution in [0.1, 0.15) is 36.5 Å². The first-order chi connectivity index (χ1) is 8.25. The van der Waals surface area contributed by atoms with E-state index in [1.807, 2.05) is 12.1 Å². The maximum Gasteiger partial charge on any atom is 0.159 e. The quantitative estimate of drug-likeness (QED) is 0.738. The fourth-order valence-corrected chi connectivity index (χ4v) is 2.69. The van der Waals surface area contributed by atoms with Crippen molar-refractivity contribution in [3.8, 4) is 5.75 Å². The molecule has 1 aliphatic carbocycles. The van der Waals surface area contributed by atoms with Crippen LogP contribution in [0.15, 0.2) is 17.7 Å². The minimum Gasteiger partial charge on any atom is -0.488 e. The zero-order valence-electron chi connectivity index (χ0n) is 10.1. The summed E-state index contributed by atoms with van der Waals surface area (Å²) in [6, 6.07) is 4.23. The first kappa shape index (κ1) is 10.6. The molecule has 0 radical (unpaired) electrons. The summed E-state index contributed by atoms with van der Waals surface area (Å²) in [5, 5.41) is 0. The fourth-order valence-electron chi connectivity index (χ4n) is 2.69. The maximum atomic E-state index is 11.4. The highest BCUT2D eigenvalue weighted by molar-refractivity contribution is 5.99. The minimum absolute atomic E-state index is 0.115. The molecule has 0 N–H and O–H groups in total. The molecule has 2 heteroatoms. The van der Waals surface area contributed by atoms with Crippen molar-refractivity contribution in [2.75, 3.05) is 6.61 Å². The number of hydrogen-bond acceptors (Lipinski definition) is 2. The van der Waals surface area contributed by atoms with Crippen molar-refractivity contribution in [2.24, 2.45) is 0 Å². The number of ketones is 1. The van der Waals surface area contributed by atoms with Crippen molar-refractivity contribution in [1.29, 1.82) is 0 Å². The Bertz CT molecular complexity index is 512. The first-order valence-corrected chi connectivity index (χ1v) is 6.25. The second kappa shape index (κ2) is 4.02. The lowest BCUT2D eigenvalue weighted by molar-refractivity contribution is -0.113. The molecule has 0 unspecified atom stereocenters. The maximum absolute atomic E-state index is 11.4. The highest BCUT2D eigenvalue weighted by Gasteiger charge is 2.20. The van der Waals surface area contributed by atoms with E-state index < -0.39 is 0 Å². The summed E-state index contributed by atoms with van der Waals surface area (Å²) < 4.78 is 5.67. The van der Waals surface area contributed by atoms with E-state index in [4.69, 9.17) is 4.74 Å². The van der Waals surface area contributed by atoms with Crippen LogP contribution in [0, 0.1) is 0 Å². The molecule has 1 aliphatic heterocycles. The Morgan fingerprint density at radius 2 is 2.06 bits per heavy atom. The minimum atomic E-state index is 0.115. The zero-order valence-corrected chi connectivity index (χ0v) is 10.1. The number of carbonyl (C=O) groups excluding carboxylic acids is 1. The standard InChI is InChI=1S/C15H16O2/c1-10(16)12-8-14-13-5-3-2-4-11(13)6-7-15(14)17-9-12/h6-8H,2-5,9H2,1H3. The van der Waals surface area contributed by atoms with E-state index in [1.54, 1.807) is 6.92 Å². The van der Waals surface area contributed by atoms with Crippen molar-refractivity contribution < 1.29 is 9.53 Å². The van der Waals surface area contributed by atoms with Gasteiger partial charge in [0, 0.05) is 11.1 Å². The molecule has 1 aromatic rings. The summed E-state index contributed by atoms with van der Waals surface area (Å²) in [6.07, 6.45) is 6.82. The number of carbonyl (C=O) groups is 1. The second-order valence-electron chi connectivity index (χ2n) is 4.84. The third-order valence-corrected chi connectivity index (χ3v) is 3.69. The Morgan fingerprint density at radius 1 is 1.24 bits per heavy atom. The highest BCUT2D eigenvalue weighted by atomic mass is 16.5. The van der Waals surface area contributed by atoms with E-state index in [0.717, 1.165) is 29.7 Å². The molecule has 0 bridgehead atoms. The lowest BCUT2D eigenvalue weighted by Crippen LogP contribution is -2.15. The Labute approximate surface area is 101 Å². The van der Waals surface area contributed by atoms with E-state index in [1.165, 1.54) is 24.0 Å². The van der Waals surface area contributed by atoms with Gasteiger partial charge in [-0.25, -0.2) is 0 Å². The van der Waals surface area contributed by atoms with E-state index in [-0.39, 0.29) is 5.78 Å². The summed E-state index contributed by atoms with van der Waals surface area (Å²) in [7, 11) is 0. The summed E-state index contributed by atoms with van der Waals surface area (Å²) in [6.45, 7) is 2.02. The third kappa shape index (κ3) is 1.78. The molecule has 0 amide bonds. The Balaban J connectivity index is 2.14. The van der Waals surface area contributed by atoms with Gasteiger partial charge in [-0.15, -0.1) is 0 Å². The van der Waals surface area contributed by atoms with E-state index >= 15 is 0 Å². The third-order valence-electron chi connectivity index (χ3n) is 3.69. The van der Waals surface area contributed by atoms with Gasteiger partial charge in [0.15, 0.2) is 5.78 Å². The van der Waals surface area contributed by atoms with Gasteiger partial charge in [-0.05, 0) is 55.9 Å². The van der Waals surface area contributed by atoms with Crippen LogP contribution in [0.4, 0.5) is 0 Å². The number of ether oxygens (including phenoxy) is 1. The highest BCUT2D eigenvalue weighted by Crippen LogP contribution is 2.35. The van der Waals surface area contributed by atoms with Gasteiger partial charge in [-0.2, -0.15) is 0 Å². The van der Waals surface area contributed by atoms with Crippen molar-refractivity contribution in [3.63, 3.8) is 0 Å². The van der Waals surface area contributed by atoms with Crippen molar-refractivity contribution >= 4 is 11.9 Å². The van der Waals surface area contributed by atoms with Gasteiger partial charge in [0.2, 0.25) is 0 Å². The number of rotatable bonds is 1. The molecule has 1 heterocycles. The molecule has 1 aromatic carbocycles. The van der Waals surface area contributed by atoms with Gasteiger partial charge in [-0.3, -0.25) is 4.79 Å². The molecule has 0 atom stereocenters. The monoisotopic (exact) mass is 228 g/mol. The van der Waals surface area contributed by atoms with Crippen LogP contribution in [0.3, 0.4) is 0 Å². The molecule has 0 saturated heterocycles. The predicted molar refractivity (Wildman–Crippen MR) is 67.2 cm³/mol. The molecule has 0 fully saturated rings. The number of benzene rings is 1. The number of aryl methyl sites for hydroxylation is 1. The normalized spacial score (nSPS) is 17.6. The summed E-state index contributed by atoms with van der Waals surface area (Å²) in [4.78, 5) is 11.4. The molecule has 3 rings (SSSR count). The van der Waals surface area contributed by atoms with E-state index in [9.17, 15) is 4.79 Å².